The van der Waals surface area contributed by atoms with Gasteiger partial charge in [-0.25, -0.2) is 0 Å². The molecule has 0 aliphatic heterocycles. The molecule has 31 heavy (non-hydrogen) atoms. The van der Waals surface area contributed by atoms with Crippen molar-refractivity contribution in [1.82, 2.24) is 10.2 Å². The van der Waals surface area contributed by atoms with Crippen LogP contribution < -0.4 is 4.74 Å². The third-order valence-corrected chi connectivity index (χ3v) is 6.01. The molecule has 0 bridgehead atoms. The molecule has 0 N–H and O–H groups in total. The first-order valence-electron chi connectivity index (χ1n) is 9.86. The van der Waals surface area contributed by atoms with Gasteiger partial charge in [-0.3, -0.25) is 4.79 Å². The number of aryl methyl sites for hydroxylation is 2. The summed E-state index contributed by atoms with van der Waals surface area (Å²) < 4.78 is 11.3. The maximum atomic E-state index is 13.4. The van der Waals surface area contributed by atoms with Gasteiger partial charge in [0.05, 0.1) is 12.7 Å². The Kier molecular flexibility index (Phi) is 6.18. The number of hydrogen-bond donors (Lipinski definition) is 0. The summed E-state index contributed by atoms with van der Waals surface area (Å²) in [7, 11) is 1.60. The molecule has 6 heteroatoms. The molecule has 5 nitrogen and oxygen atoms in total. The Balaban J connectivity index is 1.67. The standard InChI is InChI=1S/C25H22N2O3S/c1-16-8-12-18(13-9-16)22(28)23(19-14-10-17(2)11-15-19)31-25-27-26-24(30-25)20-6-4-5-7-21(20)29-3/h4-15,23H,1-3H3. The van der Waals surface area contributed by atoms with Crippen LogP contribution in [-0.2, 0) is 0 Å². The van der Waals surface area contributed by atoms with E-state index in [0.29, 0.717) is 28.0 Å². The number of benzene rings is 3. The van der Waals surface area contributed by atoms with Crippen LogP contribution in [0.15, 0.2) is 82.4 Å². The summed E-state index contributed by atoms with van der Waals surface area (Å²) in [4.78, 5) is 13.4. The lowest BCUT2D eigenvalue weighted by Crippen LogP contribution is -2.10. The van der Waals surface area contributed by atoms with Gasteiger partial charge < -0.3 is 9.15 Å². The summed E-state index contributed by atoms with van der Waals surface area (Å²) in [6.45, 7) is 4.02. The Hall–Kier alpha value is -3.38. The Morgan fingerprint density at radius 2 is 1.55 bits per heavy atom. The van der Waals surface area contributed by atoms with Crippen LogP contribution in [0.4, 0.5) is 0 Å². The summed E-state index contributed by atoms with van der Waals surface area (Å²) in [5, 5.41) is 8.17. The highest BCUT2D eigenvalue weighted by Crippen LogP contribution is 2.39. The molecule has 0 saturated carbocycles. The van der Waals surface area contributed by atoms with Crippen LogP contribution >= 0.6 is 11.8 Å². The summed E-state index contributed by atoms with van der Waals surface area (Å²) in [5.41, 5.74) is 4.48. The van der Waals surface area contributed by atoms with Crippen molar-refractivity contribution in [2.24, 2.45) is 0 Å². The van der Waals surface area contributed by atoms with Gasteiger partial charge >= 0.3 is 0 Å². The van der Waals surface area contributed by atoms with E-state index in [1.165, 1.54) is 11.8 Å². The fraction of sp³-hybridized carbons (Fsp3) is 0.160. The second-order valence-corrected chi connectivity index (χ2v) is 8.27. The van der Waals surface area contributed by atoms with Gasteiger partial charge in [-0.1, -0.05) is 71.8 Å². The first-order chi connectivity index (χ1) is 15.0. The zero-order valence-corrected chi connectivity index (χ0v) is 18.3. The minimum Gasteiger partial charge on any atom is -0.496 e. The highest BCUT2D eigenvalue weighted by atomic mass is 32.2. The van der Waals surface area contributed by atoms with E-state index in [2.05, 4.69) is 10.2 Å². The van der Waals surface area contributed by atoms with E-state index >= 15 is 0 Å². The fourth-order valence-corrected chi connectivity index (χ4v) is 4.12. The number of methoxy groups -OCH3 is 1. The van der Waals surface area contributed by atoms with Crippen LogP contribution in [0.5, 0.6) is 5.75 Å². The number of hydrogen-bond acceptors (Lipinski definition) is 6. The van der Waals surface area contributed by atoms with Gasteiger partial charge in [0.15, 0.2) is 5.78 Å². The second kappa shape index (κ2) is 9.18. The molecule has 0 aliphatic rings. The van der Waals surface area contributed by atoms with Gasteiger partial charge in [-0.2, -0.15) is 0 Å². The maximum Gasteiger partial charge on any atom is 0.277 e. The predicted molar refractivity (Wildman–Crippen MR) is 122 cm³/mol. The Morgan fingerprint density at radius 1 is 0.903 bits per heavy atom. The van der Waals surface area contributed by atoms with E-state index in [9.17, 15) is 4.79 Å². The number of carbonyl (C=O) groups is 1. The molecule has 0 saturated heterocycles. The Morgan fingerprint density at radius 3 is 2.23 bits per heavy atom. The Labute approximate surface area is 185 Å². The number of rotatable bonds is 7. The molecular formula is C25H22N2O3S. The normalized spacial score (nSPS) is 11.8. The van der Waals surface area contributed by atoms with Crippen LogP contribution in [0.1, 0.15) is 32.3 Å². The molecule has 1 aromatic heterocycles. The number of aromatic nitrogens is 2. The lowest BCUT2D eigenvalue weighted by atomic mass is 10.0. The first-order valence-corrected chi connectivity index (χ1v) is 10.7. The number of nitrogens with zero attached hydrogens (tertiary/aromatic N) is 2. The fourth-order valence-electron chi connectivity index (χ4n) is 3.17. The van der Waals surface area contributed by atoms with E-state index < -0.39 is 5.25 Å². The van der Waals surface area contributed by atoms with E-state index in [-0.39, 0.29) is 5.78 Å². The average Bonchev–Trinajstić information content (AvgIpc) is 3.27. The smallest absolute Gasteiger partial charge is 0.277 e. The van der Waals surface area contributed by atoms with Crippen molar-refractivity contribution in [3.63, 3.8) is 0 Å². The highest BCUT2D eigenvalue weighted by molar-refractivity contribution is 8.00. The molecule has 0 fully saturated rings. The maximum absolute atomic E-state index is 13.4. The van der Waals surface area contributed by atoms with Crippen molar-refractivity contribution >= 4 is 17.5 Å². The number of ketones is 1. The largest absolute Gasteiger partial charge is 0.496 e. The van der Waals surface area contributed by atoms with Crippen molar-refractivity contribution in [3.05, 3.63) is 95.1 Å². The zero-order chi connectivity index (χ0) is 21.8. The van der Waals surface area contributed by atoms with E-state index in [1.807, 2.05) is 86.6 Å². The number of Topliss-reactive ketones (excluding diaryl/α,β-unsaturated/α-hetero) is 1. The predicted octanol–water partition coefficient (Wildman–Crippen LogP) is 6.08. The molecule has 4 rings (SSSR count). The summed E-state index contributed by atoms with van der Waals surface area (Å²) in [6, 6.07) is 23.0. The third-order valence-electron chi connectivity index (χ3n) is 4.92. The number of carbonyl (C=O) groups excluding carboxylic acids is 1. The van der Waals surface area contributed by atoms with Crippen LogP contribution in [0.2, 0.25) is 0 Å². The first kappa shape index (κ1) is 20.9. The minimum absolute atomic E-state index is 0.00843. The molecule has 156 valence electrons. The summed E-state index contributed by atoms with van der Waals surface area (Å²) in [6.07, 6.45) is 0. The van der Waals surface area contributed by atoms with Gasteiger partial charge in [0.2, 0.25) is 0 Å². The van der Waals surface area contributed by atoms with Crippen LogP contribution in [0, 0.1) is 13.8 Å². The highest BCUT2D eigenvalue weighted by Gasteiger charge is 2.26. The SMILES string of the molecule is COc1ccccc1-c1nnc(SC(C(=O)c2ccc(C)cc2)c2ccc(C)cc2)o1. The van der Waals surface area contributed by atoms with Gasteiger partial charge in [-0.15, -0.1) is 10.2 Å². The molecule has 0 spiro atoms. The number of ether oxygens (including phenoxy) is 1. The molecule has 1 unspecified atom stereocenters. The van der Waals surface area contributed by atoms with Crippen LogP contribution in [0.3, 0.4) is 0 Å². The lowest BCUT2D eigenvalue weighted by Gasteiger charge is -2.14. The molecule has 0 radical (unpaired) electrons. The molecule has 4 aromatic rings. The van der Waals surface area contributed by atoms with Crippen molar-refractivity contribution in [2.45, 2.75) is 24.3 Å². The average molecular weight is 431 g/mol. The lowest BCUT2D eigenvalue weighted by molar-refractivity contribution is 0.0989. The van der Waals surface area contributed by atoms with Gasteiger partial charge in [-0.05, 0) is 43.3 Å². The van der Waals surface area contributed by atoms with Crippen molar-refractivity contribution in [3.8, 4) is 17.2 Å². The van der Waals surface area contributed by atoms with E-state index in [4.69, 9.17) is 9.15 Å². The minimum atomic E-state index is -0.505. The van der Waals surface area contributed by atoms with Gasteiger partial charge in [0.25, 0.3) is 11.1 Å². The van der Waals surface area contributed by atoms with E-state index in [0.717, 1.165) is 16.7 Å². The number of para-hydroxylation sites is 1. The summed E-state index contributed by atoms with van der Waals surface area (Å²) >= 11 is 1.25. The van der Waals surface area contributed by atoms with E-state index in [1.54, 1.807) is 7.11 Å². The van der Waals surface area contributed by atoms with Gasteiger partial charge in [0.1, 0.15) is 11.0 Å². The van der Waals surface area contributed by atoms with Gasteiger partial charge in [0, 0.05) is 5.56 Å². The molecule has 1 heterocycles. The van der Waals surface area contributed by atoms with Crippen molar-refractivity contribution in [2.75, 3.05) is 7.11 Å². The molecule has 0 amide bonds. The topological polar surface area (TPSA) is 65.2 Å². The molecular weight excluding hydrogens is 408 g/mol. The molecule has 0 aliphatic carbocycles. The van der Waals surface area contributed by atoms with Crippen molar-refractivity contribution < 1.29 is 13.9 Å². The third kappa shape index (κ3) is 4.70. The zero-order valence-electron chi connectivity index (χ0n) is 17.5. The number of thioether (sulfide) groups is 1. The molecule has 3 aromatic carbocycles. The monoisotopic (exact) mass is 430 g/mol. The summed E-state index contributed by atoms with van der Waals surface area (Å²) in [5.74, 6) is 0.991. The van der Waals surface area contributed by atoms with Crippen LogP contribution in [0.25, 0.3) is 11.5 Å². The van der Waals surface area contributed by atoms with Crippen LogP contribution in [-0.4, -0.2) is 23.1 Å². The quantitative estimate of drug-likeness (QED) is 0.262. The van der Waals surface area contributed by atoms with Crippen molar-refractivity contribution in [1.29, 1.82) is 0 Å². The molecule has 1 atom stereocenters. The second-order valence-electron chi connectivity index (χ2n) is 7.21. The Bertz CT molecular complexity index is 1180.